The molecule has 0 aliphatic carbocycles. The van der Waals surface area contributed by atoms with Gasteiger partial charge in [0, 0.05) is 16.8 Å². The van der Waals surface area contributed by atoms with Crippen molar-refractivity contribution in [3.8, 4) is 5.75 Å². The molecule has 168 valence electrons. The molecule has 1 heterocycles. The zero-order valence-corrected chi connectivity index (χ0v) is 18.5. The molecule has 0 saturated carbocycles. The van der Waals surface area contributed by atoms with Crippen molar-refractivity contribution in [2.24, 2.45) is 0 Å². The highest BCUT2D eigenvalue weighted by atomic mass is 35.5. The lowest BCUT2D eigenvalue weighted by atomic mass is 10.0. The predicted octanol–water partition coefficient (Wildman–Crippen LogP) is 5.72. The van der Waals surface area contributed by atoms with Gasteiger partial charge in [-0.2, -0.15) is 0 Å². The van der Waals surface area contributed by atoms with E-state index in [9.17, 15) is 18.4 Å². The Morgan fingerprint density at radius 1 is 0.970 bits per heavy atom. The minimum absolute atomic E-state index is 0.0195. The molecule has 0 saturated heterocycles. The molecule has 4 rings (SSSR count). The van der Waals surface area contributed by atoms with Crippen LogP contribution in [0.3, 0.4) is 0 Å². The Morgan fingerprint density at radius 2 is 1.70 bits per heavy atom. The Labute approximate surface area is 194 Å². The number of anilines is 2. The SMILES string of the molecule is CCOc1ccc(C2=C(Nc3cc(Cl)ccc3C)C(=O)N(c3cc(F)ccc3F)C2=O)cc1. The molecule has 5 nitrogen and oxygen atoms in total. The number of carbonyl (C=O) groups is 2. The molecule has 8 heteroatoms. The summed E-state index contributed by atoms with van der Waals surface area (Å²) in [7, 11) is 0. The standard InChI is InChI=1S/C25H19ClF2N2O3/c1-3-33-18-9-5-15(6-10-18)22-23(29-20-12-16(26)7-4-14(20)2)25(32)30(24(22)31)21-13-17(27)8-11-19(21)28/h4-13,29H,3H2,1-2H3. The molecule has 33 heavy (non-hydrogen) atoms. The Hall–Kier alpha value is -3.71. The second-order valence-corrected chi connectivity index (χ2v) is 7.77. The highest BCUT2D eigenvalue weighted by Crippen LogP contribution is 2.36. The van der Waals surface area contributed by atoms with Crippen molar-refractivity contribution >= 4 is 40.4 Å². The number of hydrogen-bond donors (Lipinski definition) is 1. The van der Waals surface area contributed by atoms with Crippen molar-refractivity contribution in [1.29, 1.82) is 0 Å². The minimum atomic E-state index is -0.899. The molecule has 1 aliphatic heterocycles. The molecular weight excluding hydrogens is 450 g/mol. The first-order valence-corrected chi connectivity index (χ1v) is 10.5. The summed E-state index contributed by atoms with van der Waals surface area (Å²) in [5.74, 6) is -2.68. The van der Waals surface area contributed by atoms with Gasteiger partial charge in [-0.1, -0.05) is 29.8 Å². The third kappa shape index (κ3) is 4.32. The quantitative estimate of drug-likeness (QED) is 0.470. The molecule has 0 aromatic heterocycles. The van der Waals surface area contributed by atoms with Gasteiger partial charge in [0.25, 0.3) is 11.8 Å². The van der Waals surface area contributed by atoms with Gasteiger partial charge in [-0.3, -0.25) is 9.59 Å². The van der Waals surface area contributed by atoms with Gasteiger partial charge in [0.2, 0.25) is 0 Å². The molecular formula is C25H19ClF2N2O3. The highest BCUT2D eigenvalue weighted by molar-refractivity contribution is 6.46. The number of carbonyl (C=O) groups excluding carboxylic acids is 2. The molecule has 0 bridgehead atoms. The number of benzene rings is 3. The van der Waals surface area contributed by atoms with Crippen LogP contribution in [0.2, 0.25) is 5.02 Å². The molecule has 0 spiro atoms. The number of nitrogens with zero attached hydrogens (tertiary/aromatic N) is 1. The second kappa shape index (κ2) is 9.03. The maximum Gasteiger partial charge on any atom is 0.282 e. The molecule has 0 radical (unpaired) electrons. The number of halogens is 3. The summed E-state index contributed by atoms with van der Waals surface area (Å²) in [6.45, 7) is 4.12. The zero-order chi connectivity index (χ0) is 23.7. The van der Waals surface area contributed by atoms with E-state index in [0.717, 1.165) is 23.8 Å². The summed E-state index contributed by atoms with van der Waals surface area (Å²) >= 11 is 6.11. The van der Waals surface area contributed by atoms with Crippen molar-refractivity contribution in [3.63, 3.8) is 0 Å². The Balaban J connectivity index is 1.85. The van der Waals surface area contributed by atoms with Gasteiger partial charge in [0.1, 0.15) is 23.1 Å². The summed E-state index contributed by atoms with van der Waals surface area (Å²) < 4.78 is 33.8. The first-order chi connectivity index (χ1) is 15.8. The molecule has 1 aliphatic rings. The first-order valence-electron chi connectivity index (χ1n) is 10.1. The lowest BCUT2D eigenvalue weighted by Gasteiger charge is -2.16. The van der Waals surface area contributed by atoms with Crippen molar-refractivity contribution in [1.82, 2.24) is 0 Å². The van der Waals surface area contributed by atoms with Crippen LogP contribution in [0, 0.1) is 18.6 Å². The second-order valence-electron chi connectivity index (χ2n) is 7.33. The summed E-state index contributed by atoms with van der Waals surface area (Å²) in [6.07, 6.45) is 0. The number of aryl methyl sites for hydroxylation is 1. The van der Waals surface area contributed by atoms with Gasteiger partial charge in [-0.15, -0.1) is 0 Å². The number of rotatable bonds is 6. The third-order valence-corrected chi connectivity index (χ3v) is 5.38. The van der Waals surface area contributed by atoms with Crippen LogP contribution < -0.4 is 15.0 Å². The fourth-order valence-electron chi connectivity index (χ4n) is 3.54. The normalized spacial score (nSPS) is 13.7. The predicted molar refractivity (Wildman–Crippen MR) is 123 cm³/mol. The first kappa shape index (κ1) is 22.5. The van der Waals surface area contributed by atoms with Crippen molar-refractivity contribution in [2.75, 3.05) is 16.8 Å². The largest absolute Gasteiger partial charge is 0.494 e. The van der Waals surface area contributed by atoms with Gasteiger partial charge in [-0.25, -0.2) is 13.7 Å². The summed E-state index contributed by atoms with van der Waals surface area (Å²) in [4.78, 5) is 27.4. The van der Waals surface area contributed by atoms with E-state index in [4.69, 9.17) is 16.3 Å². The number of amides is 2. The Bertz CT molecular complexity index is 1290. The van der Waals surface area contributed by atoms with E-state index in [0.29, 0.717) is 33.5 Å². The van der Waals surface area contributed by atoms with E-state index in [-0.39, 0.29) is 11.3 Å². The van der Waals surface area contributed by atoms with E-state index in [1.54, 1.807) is 49.4 Å². The molecule has 0 atom stereocenters. The van der Waals surface area contributed by atoms with Crippen LogP contribution in [0.1, 0.15) is 18.1 Å². The summed E-state index contributed by atoms with van der Waals surface area (Å²) in [5, 5.41) is 3.41. The lowest BCUT2D eigenvalue weighted by molar-refractivity contribution is -0.120. The maximum atomic E-state index is 14.5. The van der Waals surface area contributed by atoms with Gasteiger partial charge >= 0.3 is 0 Å². The number of hydrogen-bond acceptors (Lipinski definition) is 4. The van der Waals surface area contributed by atoms with E-state index in [2.05, 4.69) is 5.32 Å². The topological polar surface area (TPSA) is 58.6 Å². The van der Waals surface area contributed by atoms with Crippen molar-refractivity contribution in [2.45, 2.75) is 13.8 Å². The third-order valence-electron chi connectivity index (χ3n) is 5.15. The fourth-order valence-corrected chi connectivity index (χ4v) is 3.71. The van der Waals surface area contributed by atoms with Crippen LogP contribution >= 0.6 is 11.6 Å². The number of ether oxygens (including phenoxy) is 1. The molecule has 3 aromatic rings. The average molecular weight is 469 g/mol. The van der Waals surface area contributed by atoms with E-state index >= 15 is 0 Å². The Morgan fingerprint density at radius 3 is 2.39 bits per heavy atom. The zero-order valence-electron chi connectivity index (χ0n) is 17.8. The van der Waals surface area contributed by atoms with Crippen LogP contribution in [0.25, 0.3) is 5.57 Å². The van der Waals surface area contributed by atoms with Crippen molar-refractivity contribution < 1.29 is 23.1 Å². The van der Waals surface area contributed by atoms with E-state index < -0.39 is 29.1 Å². The monoisotopic (exact) mass is 468 g/mol. The molecule has 0 fully saturated rings. The van der Waals surface area contributed by atoms with Crippen LogP contribution in [-0.2, 0) is 9.59 Å². The fraction of sp³-hybridized carbons (Fsp3) is 0.120. The lowest BCUT2D eigenvalue weighted by Crippen LogP contribution is -2.33. The van der Waals surface area contributed by atoms with Crippen LogP contribution in [0.15, 0.2) is 66.4 Å². The summed E-state index contributed by atoms with van der Waals surface area (Å²) in [6, 6.07) is 14.2. The van der Waals surface area contributed by atoms with Gasteiger partial charge in [-0.05, 0) is 61.4 Å². The summed E-state index contributed by atoms with van der Waals surface area (Å²) in [5.41, 5.74) is 1.17. The van der Waals surface area contributed by atoms with Crippen LogP contribution in [0.5, 0.6) is 5.75 Å². The van der Waals surface area contributed by atoms with Crippen LogP contribution in [-0.4, -0.2) is 18.4 Å². The number of nitrogens with one attached hydrogen (secondary N) is 1. The van der Waals surface area contributed by atoms with E-state index in [1.165, 1.54) is 0 Å². The van der Waals surface area contributed by atoms with Crippen molar-refractivity contribution in [3.05, 3.63) is 94.1 Å². The minimum Gasteiger partial charge on any atom is -0.494 e. The van der Waals surface area contributed by atoms with Crippen LogP contribution in [0.4, 0.5) is 20.2 Å². The molecule has 3 aromatic carbocycles. The molecule has 0 unspecified atom stereocenters. The highest BCUT2D eigenvalue weighted by Gasteiger charge is 2.41. The Kier molecular flexibility index (Phi) is 6.16. The van der Waals surface area contributed by atoms with Gasteiger partial charge < -0.3 is 10.1 Å². The average Bonchev–Trinajstić information content (AvgIpc) is 3.03. The van der Waals surface area contributed by atoms with Gasteiger partial charge in [0.05, 0.1) is 17.9 Å². The van der Waals surface area contributed by atoms with Gasteiger partial charge in [0.15, 0.2) is 0 Å². The smallest absolute Gasteiger partial charge is 0.282 e. The maximum absolute atomic E-state index is 14.5. The molecule has 1 N–H and O–H groups in total. The molecule has 2 amide bonds. The number of imide groups is 1. The van der Waals surface area contributed by atoms with E-state index in [1.807, 2.05) is 6.92 Å².